The Hall–Kier alpha value is -1.58. The second kappa shape index (κ2) is 4.83. The summed E-state index contributed by atoms with van der Waals surface area (Å²) in [5, 5.41) is 15.1. The van der Waals surface area contributed by atoms with E-state index < -0.39 is 0 Å². The van der Waals surface area contributed by atoms with Crippen LogP contribution in [-0.4, -0.2) is 20.2 Å². The van der Waals surface area contributed by atoms with Gasteiger partial charge < -0.3 is 14.6 Å². The third-order valence-electron chi connectivity index (χ3n) is 4.06. The van der Waals surface area contributed by atoms with E-state index in [1.54, 1.807) is 7.11 Å². The first kappa shape index (κ1) is 12.5. The highest BCUT2D eigenvalue weighted by Crippen LogP contribution is 2.38. The first-order chi connectivity index (χ1) is 9.24. The van der Waals surface area contributed by atoms with E-state index in [1.807, 2.05) is 36.4 Å². The van der Waals surface area contributed by atoms with Gasteiger partial charge in [-0.1, -0.05) is 18.2 Å². The van der Waals surface area contributed by atoms with Crippen molar-refractivity contribution in [1.82, 2.24) is 4.65 Å². The molecule has 0 amide bonds. The van der Waals surface area contributed by atoms with Gasteiger partial charge in [-0.3, -0.25) is 0 Å². The van der Waals surface area contributed by atoms with Gasteiger partial charge in [-0.15, -0.1) is 0 Å². The third kappa shape index (κ3) is 2.09. The first-order valence-corrected chi connectivity index (χ1v) is 6.89. The number of piperidine rings is 1. The molecule has 19 heavy (non-hydrogen) atoms. The summed E-state index contributed by atoms with van der Waals surface area (Å²) in [6, 6.07) is 11.9. The van der Waals surface area contributed by atoms with Gasteiger partial charge in [0.15, 0.2) is 0 Å². The summed E-state index contributed by atoms with van der Waals surface area (Å²) in [5.74, 6) is 0.836. The van der Waals surface area contributed by atoms with E-state index in [4.69, 9.17) is 4.74 Å². The van der Waals surface area contributed by atoms with Crippen molar-refractivity contribution >= 4 is 16.5 Å². The number of rotatable bonds is 2. The standard InChI is InChI=1S/C16H19NO2/c1-19-16-10-9-15(13-7-3-4-8-14(13)16)17(18)11-5-2-6-12-17/h3-4,7-10H,2,5-6,11-12H2,1H3. The Morgan fingerprint density at radius 3 is 2.32 bits per heavy atom. The molecule has 1 heterocycles. The van der Waals surface area contributed by atoms with E-state index in [0.717, 1.165) is 35.1 Å². The predicted octanol–water partition coefficient (Wildman–Crippen LogP) is 3.84. The van der Waals surface area contributed by atoms with Gasteiger partial charge >= 0.3 is 0 Å². The van der Waals surface area contributed by atoms with Crippen LogP contribution in [0, 0.1) is 5.21 Å². The smallest absolute Gasteiger partial charge is 0.141 e. The summed E-state index contributed by atoms with van der Waals surface area (Å²) < 4.78 is 5.20. The Kier molecular flexibility index (Phi) is 3.17. The molecule has 0 N–H and O–H groups in total. The lowest BCUT2D eigenvalue weighted by molar-refractivity contribution is 0.309. The van der Waals surface area contributed by atoms with Gasteiger partial charge in [0, 0.05) is 16.8 Å². The van der Waals surface area contributed by atoms with Crippen molar-refractivity contribution in [3.8, 4) is 5.75 Å². The number of hydrogen-bond acceptors (Lipinski definition) is 2. The molecule has 0 radical (unpaired) electrons. The number of benzene rings is 2. The minimum absolute atomic E-state index is 0.190. The van der Waals surface area contributed by atoms with Gasteiger partial charge in [0.05, 0.1) is 20.2 Å². The van der Waals surface area contributed by atoms with E-state index in [2.05, 4.69) is 0 Å². The molecule has 0 spiro atoms. The lowest BCUT2D eigenvalue weighted by Crippen LogP contribution is -2.47. The average molecular weight is 257 g/mol. The highest BCUT2D eigenvalue weighted by Gasteiger charge is 2.26. The van der Waals surface area contributed by atoms with Crippen molar-refractivity contribution in [3.05, 3.63) is 41.6 Å². The maximum Gasteiger partial charge on any atom is 0.141 e. The van der Waals surface area contributed by atoms with Gasteiger partial charge in [0.2, 0.25) is 0 Å². The van der Waals surface area contributed by atoms with E-state index in [-0.39, 0.29) is 4.65 Å². The number of methoxy groups -OCH3 is 1. The molecule has 2 aromatic rings. The summed E-state index contributed by atoms with van der Waals surface area (Å²) in [6.07, 6.45) is 3.21. The van der Waals surface area contributed by atoms with Gasteiger partial charge in [-0.25, -0.2) is 0 Å². The molecule has 3 rings (SSSR count). The minimum atomic E-state index is -0.190. The lowest BCUT2D eigenvalue weighted by atomic mass is 10.0. The Morgan fingerprint density at radius 2 is 1.63 bits per heavy atom. The van der Waals surface area contributed by atoms with Gasteiger partial charge in [-0.2, -0.15) is 0 Å². The Labute approximate surface area is 113 Å². The van der Waals surface area contributed by atoms with Crippen LogP contribution >= 0.6 is 0 Å². The fourth-order valence-corrected chi connectivity index (χ4v) is 3.05. The Bertz CT molecular complexity index is 588. The summed E-state index contributed by atoms with van der Waals surface area (Å²) >= 11 is 0. The monoisotopic (exact) mass is 257 g/mol. The van der Waals surface area contributed by atoms with Gasteiger partial charge in [0.25, 0.3) is 0 Å². The summed E-state index contributed by atoms with van der Waals surface area (Å²) in [6.45, 7) is 1.38. The van der Waals surface area contributed by atoms with Crippen molar-refractivity contribution in [1.29, 1.82) is 0 Å². The second-order valence-electron chi connectivity index (χ2n) is 5.23. The Balaban J connectivity index is 2.19. The molecule has 1 fully saturated rings. The van der Waals surface area contributed by atoms with Crippen molar-refractivity contribution in [2.45, 2.75) is 19.3 Å². The van der Waals surface area contributed by atoms with E-state index in [9.17, 15) is 5.21 Å². The molecule has 1 aliphatic rings. The summed E-state index contributed by atoms with van der Waals surface area (Å²) in [5.41, 5.74) is 0.885. The van der Waals surface area contributed by atoms with Crippen molar-refractivity contribution in [2.24, 2.45) is 0 Å². The third-order valence-corrected chi connectivity index (χ3v) is 4.06. The molecule has 1 saturated heterocycles. The molecule has 0 atom stereocenters. The molecule has 0 saturated carbocycles. The topological polar surface area (TPSA) is 32.3 Å². The Morgan fingerprint density at radius 1 is 0.947 bits per heavy atom. The fourth-order valence-electron chi connectivity index (χ4n) is 3.05. The molecule has 1 aliphatic heterocycles. The maximum atomic E-state index is 13.0. The first-order valence-electron chi connectivity index (χ1n) is 6.89. The molecule has 0 unspecified atom stereocenters. The van der Waals surface area contributed by atoms with E-state index >= 15 is 0 Å². The van der Waals surface area contributed by atoms with E-state index in [1.165, 1.54) is 6.42 Å². The van der Waals surface area contributed by atoms with E-state index in [0.29, 0.717) is 13.1 Å². The highest BCUT2D eigenvalue weighted by molar-refractivity contribution is 5.97. The number of hydroxylamine groups is 2. The maximum absolute atomic E-state index is 13.0. The average Bonchev–Trinajstić information content (AvgIpc) is 2.46. The summed E-state index contributed by atoms with van der Waals surface area (Å²) in [7, 11) is 1.67. The molecule has 0 aliphatic carbocycles. The van der Waals surface area contributed by atoms with Crippen LogP contribution in [0.4, 0.5) is 5.69 Å². The van der Waals surface area contributed by atoms with Crippen molar-refractivity contribution < 1.29 is 4.74 Å². The molecule has 3 nitrogen and oxygen atoms in total. The predicted molar refractivity (Wildman–Crippen MR) is 79.2 cm³/mol. The largest absolute Gasteiger partial charge is 0.627 e. The summed E-state index contributed by atoms with van der Waals surface area (Å²) in [4.78, 5) is 0. The number of ether oxygens (including phenoxy) is 1. The zero-order chi connectivity index (χ0) is 13.3. The van der Waals surface area contributed by atoms with Crippen LogP contribution in [0.2, 0.25) is 0 Å². The van der Waals surface area contributed by atoms with Crippen LogP contribution in [-0.2, 0) is 0 Å². The van der Waals surface area contributed by atoms with Crippen LogP contribution in [0.25, 0.3) is 10.8 Å². The van der Waals surface area contributed by atoms with Crippen LogP contribution < -0.4 is 9.38 Å². The molecule has 0 aromatic heterocycles. The fraction of sp³-hybridized carbons (Fsp3) is 0.375. The molecule has 100 valence electrons. The number of quaternary nitrogens is 1. The second-order valence-corrected chi connectivity index (χ2v) is 5.23. The van der Waals surface area contributed by atoms with Crippen LogP contribution in [0.3, 0.4) is 0 Å². The molecular formula is C16H19NO2. The number of fused-ring (bicyclic) bond motifs is 1. The van der Waals surface area contributed by atoms with Gasteiger partial charge in [-0.05, 0) is 31.4 Å². The lowest BCUT2D eigenvalue weighted by Gasteiger charge is -2.45. The van der Waals surface area contributed by atoms with Crippen LogP contribution in [0.5, 0.6) is 5.75 Å². The zero-order valence-corrected chi connectivity index (χ0v) is 11.3. The minimum Gasteiger partial charge on any atom is -0.627 e. The van der Waals surface area contributed by atoms with Gasteiger partial charge in [0.1, 0.15) is 11.4 Å². The molecule has 3 heteroatoms. The van der Waals surface area contributed by atoms with Crippen LogP contribution in [0.15, 0.2) is 36.4 Å². The molecular weight excluding hydrogens is 238 g/mol. The highest BCUT2D eigenvalue weighted by atomic mass is 16.5. The number of hydrogen-bond donors (Lipinski definition) is 0. The zero-order valence-electron chi connectivity index (χ0n) is 11.3. The SMILES string of the molecule is COc1ccc([N+]2([O-])CCCCC2)c2ccccc12. The van der Waals surface area contributed by atoms with Crippen molar-refractivity contribution in [3.63, 3.8) is 0 Å². The quantitative estimate of drug-likeness (QED) is 0.605. The normalized spacial score (nSPS) is 18.4. The molecule has 0 bridgehead atoms. The van der Waals surface area contributed by atoms with Crippen molar-refractivity contribution in [2.75, 3.05) is 20.2 Å². The molecule has 2 aromatic carbocycles. The van der Waals surface area contributed by atoms with Crippen LogP contribution in [0.1, 0.15) is 19.3 Å². The number of nitrogens with zero attached hydrogens (tertiary/aromatic N) is 1.